The molecule has 0 aromatic heterocycles. The number of fused-ring (bicyclic) bond motifs is 1. The summed E-state index contributed by atoms with van der Waals surface area (Å²) in [5.41, 5.74) is 8.28. The van der Waals surface area contributed by atoms with E-state index in [1.807, 2.05) is 6.07 Å². The Morgan fingerprint density at radius 1 is 1.54 bits per heavy atom. The molecule has 0 unspecified atom stereocenters. The minimum atomic E-state index is 0.489. The monoisotopic (exact) mass is 177 g/mol. The third kappa shape index (κ3) is 1.54. The Hall–Kier alpha value is -1.02. The molecule has 0 saturated heterocycles. The lowest BCUT2D eigenvalue weighted by Gasteiger charge is -2.25. The van der Waals surface area contributed by atoms with Gasteiger partial charge >= 0.3 is 0 Å². The van der Waals surface area contributed by atoms with Gasteiger partial charge in [0.05, 0.1) is 6.61 Å². The third-order valence-electron chi connectivity index (χ3n) is 2.61. The smallest absolute Gasteiger partial charge is 0.122 e. The zero-order valence-electron chi connectivity index (χ0n) is 7.92. The maximum atomic E-state index is 5.71. The number of hydrogen-bond acceptors (Lipinski definition) is 2. The van der Waals surface area contributed by atoms with E-state index in [1.165, 1.54) is 11.1 Å². The number of ether oxygens (including phenoxy) is 1. The summed E-state index contributed by atoms with van der Waals surface area (Å²) in [6, 6.07) is 6.32. The Morgan fingerprint density at radius 2 is 2.38 bits per heavy atom. The van der Waals surface area contributed by atoms with Crippen LogP contribution in [0.15, 0.2) is 18.2 Å². The molecule has 0 bridgehead atoms. The predicted octanol–water partition coefficient (Wildman–Crippen LogP) is 1.82. The van der Waals surface area contributed by atoms with Gasteiger partial charge in [0.15, 0.2) is 0 Å². The summed E-state index contributed by atoms with van der Waals surface area (Å²) in [5, 5.41) is 0. The lowest BCUT2D eigenvalue weighted by atomic mass is 9.92. The summed E-state index contributed by atoms with van der Waals surface area (Å²) in [6.07, 6.45) is 1.05. The highest BCUT2D eigenvalue weighted by Gasteiger charge is 2.19. The molecule has 1 aromatic carbocycles. The lowest BCUT2D eigenvalue weighted by molar-refractivity contribution is 0.268. The molecule has 13 heavy (non-hydrogen) atoms. The van der Waals surface area contributed by atoms with Crippen molar-refractivity contribution in [1.82, 2.24) is 0 Å². The first-order valence-electron chi connectivity index (χ1n) is 4.74. The van der Waals surface area contributed by atoms with Crippen molar-refractivity contribution in [2.45, 2.75) is 19.3 Å². The van der Waals surface area contributed by atoms with Crippen LogP contribution in [0.25, 0.3) is 0 Å². The van der Waals surface area contributed by atoms with Gasteiger partial charge in [-0.2, -0.15) is 0 Å². The van der Waals surface area contributed by atoms with Crippen LogP contribution in [0.2, 0.25) is 0 Å². The van der Waals surface area contributed by atoms with Crippen LogP contribution in [-0.4, -0.2) is 13.2 Å². The molecule has 0 saturated carbocycles. The van der Waals surface area contributed by atoms with Gasteiger partial charge in [-0.05, 0) is 31.5 Å². The maximum Gasteiger partial charge on any atom is 0.122 e. The molecule has 70 valence electrons. The van der Waals surface area contributed by atoms with Crippen LogP contribution in [0, 0.1) is 6.92 Å². The molecule has 0 fully saturated rings. The van der Waals surface area contributed by atoms with Gasteiger partial charge in [-0.15, -0.1) is 0 Å². The SMILES string of the molecule is Cc1ccc2c(c1)[C@@H](CN)CCO2. The largest absolute Gasteiger partial charge is 0.493 e. The first-order chi connectivity index (χ1) is 6.31. The minimum Gasteiger partial charge on any atom is -0.493 e. The van der Waals surface area contributed by atoms with E-state index in [0.29, 0.717) is 5.92 Å². The molecule has 1 aliphatic rings. The molecule has 2 N–H and O–H groups in total. The third-order valence-corrected chi connectivity index (χ3v) is 2.61. The van der Waals surface area contributed by atoms with Gasteiger partial charge in [0.2, 0.25) is 0 Å². The van der Waals surface area contributed by atoms with Gasteiger partial charge in [-0.25, -0.2) is 0 Å². The van der Waals surface area contributed by atoms with Crippen molar-refractivity contribution < 1.29 is 4.74 Å². The van der Waals surface area contributed by atoms with Crippen molar-refractivity contribution in [3.8, 4) is 5.75 Å². The second kappa shape index (κ2) is 3.38. The van der Waals surface area contributed by atoms with E-state index in [9.17, 15) is 0 Å². The van der Waals surface area contributed by atoms with Crippen LogP contribution < -0.4 is 10.5 Å². The van der Waals surface area contributed by atoms with Crippen molar-refractivity contribution >= 4 is 0 Å². The molecule has 0 aliphatic carbocycles. The Kier molecular flexibility index (Phi) is 2.23. The van der Waals surface area contributed by atoms with Crippen molar-refractivity contribution in [2.75, 3.05) is 13.2 Å². The normalized spacial score (nSPS) is 20.6. The molecule has 2 heteroatoms. The zero-order valence-corrected chi connectivity index (χ0v) is 7.92. The van der Waals surface area contributed by atoms with Crippen LogP contribution >= 0.6 is 0 Å². The first-order valence-corrected chi connectivity index (χ1v) is 4.74. The quantitative estimate of drug-likeness (QED) is 0.710. The molecule has 0 spiro atoms. The highest BCUT2D eigenvalue weighted by atomic mass is 16.5. The van der Waals surface area contributed by atoms with Crippen LogP contribution in [0.5, 0.6) is 5.75 Å². The van der Waals surface area contributed by atoms with Crippen molar-refractivity contribution in [2.24, 2.45) is 5.73 Å². The van der Waals surface area contributed by atoms with Gasteiger partial charge < -0.3 is 10.5 Å². The molecule has 1 aromatic rings. The molecule has 2 rings (SSSR count). The van der Waals surface area contributed by atoms with Gasteiger partial charge in [0.1, 0.15) is 5.75 Å². The summed E-state index contributed by atoms with van der Waals surface area (Å²) in [7, 11) is 0. The molecule has 0 radical (unpaired) electrons. The summed E-state index contributed by atoms with van der Waals surface area (Å²) >= 11 is 0. The lowest BCUT2D eigenvalue weighted by Crippen LogP contribution is -2.20. The summed E-state index contributed by atoms with van der Waals surface area (Å²) in [4.78, 5) is 0. The van der Waals surface area contributed by atoms with Crippen molar-refractivity contribution in [1.29, 1.82) is 0 Å². The van der Waals surface area contributed by atoms with E-state index >= 15 is 0 Å². The zero-order chi connectivity index (χ0) is 9.26. The highest BCUT2D eigenvalue weighted by molar-refractivity contribution is 5.40. The Balaban J connectivity index is 2.41. The van der Waals surface area contributed by atoms with E-state index in [4.69, 9.17) is 10.5 Å². The van der Waals surface area contributed by atoms with Crippen LogP contribution in [0.3, 0.4) is 0 Å². The second-order valence-electron chi connectivity index (χ2n) is 3.61. The highest BCUT2D eigenvalue weighted by Crippen LogP contribution is 2.33. The standard InChI is InChI=1S/C11H15NO/c1-8-2-3-11-10(6-8)9(7-12)4-5-13-11/h2-3,6,9H,4-5,7,12H2,1H3/t9-/m1/s1. The topological polar surface area (TPSA) is 35.2 Å². The summed E-state index contributed by atoms with van der Waals surface area (Å²) < 4.78 is 5.55. The molecule has 0 amide bonds. The van der Waals surface area contributed by atoms with Gasteiger partial charge in [0.25, 0.3) is 0 Å². The average Bonchev–Trinajstić information content (AvgIpc) is 2.17. The summed E-state index contributed by atoms with van der Waals surface area (Å²) in [6.45, 7) is 3.63. The molecule has 1 atom stereocenters. The van der Waals surface area contributed by atoms with E-state index in [-0.39, 0.29) is 0 Å². The van der Waals surface area contributed by atoms with E-state index in [1.54, 1.807) is 0 Å². The Labute approximate surface area is 78.7 Å². The van der Waals surface area contributed by atoms with Gasteiger partial charge in [-0.1, -0.05) is 17.7 Å². The number of rotatable bonds is 1. The predicted molar refractivity (Wildman–Crippen MR) is 53.1 cm³/mol. The molecular formula is C11H15NO. The average molecular weight is 177 g/mol. The molecular weight excluding hydrogens is 162 g/mol. The maximum absolute atomic E-state index is 5.71. The fourth-order valence-corrected chi connectivity index (χ4v) is 1.83. The Morgan fingerprint density at radius 3 is 3.15 bits per heavy atom. The van der Waals surface area contributed by atoms with Gasteiger partial charge in [-0.3, -0.25) is 0 Å². The van der Waals surface area contributed by atoms with Crippen molar-refractivity contribution in [3.63, 3.8) is 0 Å². The van der Waals surface area contributed by atoms with Crippen LogP contribution in [0.1, 0.15) is 23.5 Å². The van der Waals surface area contributed by atoms with Crippen LogP contribution in [0.4, 0.5) is 0 Å². The minimum absolute atomic E-state index is 0.489. The Bertz CT molecular complexity index is 309. The van der Waals surface area contributed by atoms with Crippen molar-refractivity contribution in [3.05, 3.63) is 29.3 Å². The van der Waals surface area contributed by atoms with E-state index in [0.717, 1.165) is 25.3 Å². The molecule has 1 heterocycles. The number of hydrogen-bond donors (Lipinski definition) is 1. The fourth-order valence-electron chi connectivity index (χ4n) is 1.83. The second-order valence-corrected chi connectivity index (χ2v) is 3.61. The van der Waals surface area contributed by atoms with Gasteiger partial charge in [0, 0.05) is 5.92 Å². The van der Waals surface area contributed by atoms with E-state index < -0.39 is 0 Å². The number of aryl methyl sites for hydroxylation is 1. The van der Waals surface area contributed by atoms with E-state index in [2.05, 4.69) is 19.1 Å². The number of benzene rings is 1. The first kappa shape index (κ1) is 8.57. The van der Waals surface area contributed by atoms with Crippen LogP contribution in [-0.2, 0) is 0 Å². The molecule has 1 aliphatic heterocycles. The summed E-state index contributed by atoms with van der Waals surface area (Å²) in [5.74, 6) is 1.51. The fraction of sp³-hybridized carbons (Fsp3) is 0.455. The molecule has 2 nitrogen and oxygen atoms in total. The number of nitrogens with two attached hydrogens (primary N) is 1.